The topological polar surface area (TPSA) is 42.8 Å². The number of hydrogen-bond donors (Lipinski definition) is 2. The minimum absolute atomic E-state index is 0.141. The van der Waals surface area contributed by atoms with Gasteiger partial charge in [-0.25, -0.2) is 13.2 Å². The number of anilines is 1. The van der Waals surface area contributed by atoms with Crippen molar-refractivity contribution in [2.75, 3.05) is 38.2 Å². The lowest BCUT2D eigenvalue weighted by molar-refractivity contribution is -0.899. The van der Waals surface area contributed by atoms with Crippen LogP contribution >= 0.6 is 0 Å². The van der Waals surface area contributed by atoms with Crippen LogP contribution in [0.15, 0.2) is 12.1 Å². The molecule has 1 aliphatic rings. The predicted molar refractivity (Wildman–Crippen MR) is 61.3 cm³/mol. The Kier molecular flexibility index (Phi) is 4.39. The molecule has 0 saturated carbocycles. The van der Waals surface area contributed by atoms with Crippen LogP contribution in [0.5, 0.6) is 0 Å². The summed E-state index contributed by atoms with van der Waals surface area (Å²) in [6, 6.07) is 1.77. The second-order valence-corrected chi connectivity index (χ2v) is 4.31. The van der Waals surface area contributed by atoms with Crippen molar-refractivity contribution < 1.29 is 27.6 Å². The number of carbonyl (C=O) groups is 1. The van der Waals surface area contributed by atoms with Gasteiger partial charge in [-0.1, -0.05) is 0 Å². The molecule has 1 aromatic carbocycles. The smallest absolute Gasteiger partial charge is 0.279 e. The highest BCUT2D eigenvalue weighted by Crippen LogP contribution is 2.19. The second kappa shape index (κ2) is 6.03. The molecule has 1 aliphatic heterocycles. The van der Waals surface area contributed by atoms with E-state index in [2.05, 4.69) is 5.32 Å². The lowest BCUT2D eigenvalue weighted by atomic mass is 10.2. The number of amides is 1. The molecule has 1 aromatic rings. The molecule has 4 nitrogen and oxygen atoms in total. The van der Waals surface area contributed by atoms with Crippen LogP contribution in [0, 0.1) is 17.5 Å². The van der Waals surface area contributed by atoms with Crippen LogP contribution in [0.4, 0.5) is 18.9 Å². The van der Waals surface area contributed by atoms with Gasteiger partial charge in [0, 0.05) is 0 Å². The summed E-state index contributed by atoms with van der Waals surface area (Å²) in [4.78, 5) is 12.7. The molecule has 1 heterocycles. The highest BCUT2D eigenvalue weighted by Gasteiger charge is 2.20. The van der Waals surface area contributed by atoms with Crippen LogP contribution in [-0.2, 0) is 9.53 Å². The first-order valence-corrected chi connectivity index (χ1v) is 5.92. The number of quaternary nitrogens is 1. The fourth-order valence-corrected chi connectivity index (χ4v) is 1.88. The number of ether oxygens (including phenoxy) is 1. The molecule has 1 saturated heterocycles. The number of rotatable bonds is 3. The zero-order valence-electron chi connectivity index (χ0n) is 10.1. The summed E-state index contributed by atoms with van der Waals surface area (Å²) in [7, 11) is 0. The van der Waals surface area contributed by atoms with Gasteiger partial charge in [-0.05, 0) is 12.1 Å². The molecule has 0 spiro atoms. The van der Waals surface area contributed by atoms with Gasteiger partial charge >= 0.3 is 0 Å². The molecule has 2 rings (SSSR count). The normalized spacial score (nSPS) is 16.4. The zero-order valence-corrected chi connectivity index (χ0v) is 10.1. The number of halogens is 3. The lowest BCUT2D eigenvalue weighted by Gasteiger charge is -2.23. The van der Waals surface area contributed by atoms with Crippen molar-refractivity contribution in [3.63, 3.8) is 0 Å². The van der Waals surface area contributed by atoms with Crippen molar-refractivity contribution in [1.29, 1.82) is 0 Å². The van der Waals surface area contributed by atoms with E-state index in [0.717, 1.165) is 17.0 Å². The summed E-state index contributed by atoms with van der Waals surface area (Å²) in [5.41, 5.74) is -0.350. The largest absolute Gasteiger partial charge is 0.370 e. The Hall–Kier alpha value is -1.60. The van der Waals surface area contributed by atoms with Gasteiger partial charge in [0.05, 0.1) is 18.9 Å². The van der Waals surface area contributed by atoms with Gasteiger partial charge < -0.3 is 15.0 Å². The summed E-state index contributed by atoms with van der Waals surface area (Å²) in [6.45, 7) is 2.66. The van der Waals surface area contributed by atoms with Crippen LogP contribution in [0.1, 0.15) is 0 Å². The molecular weight excluding hydrogens is 261 g/mol. The van der Waals surface area contributed by atoms with Crippen molar-refractivity contribution in [2.45, 2.75) is 0 Å². The maximum atomic E-state index is 13.3. The van der Waals surface area contributed by atoms with Crippen LogP contribution in [-0.4, -0.2) is 38.8 Å². The molecule has 0 unspecified atom stereocenters. The van der Waals surface area contributed by atoms with Crippen LogP contribution in [0.3, 0.4) is 0 Å². The first-order chi connectivity index (χ1) is 9.08. The third-order valence-electron chi connectivity index (χ3n) is 2.92. The zero-order chi connectivity index (χ0) is 13.8. The summed E-state index contributed by atoms with van der Waals surface area (Å²) in [6.07, 6.45) is 0. The average molecular weight is 275 g/mol. The minimum atomic E-state index is -1.59. The fraction of sp³-hybridized carbons (Fsp3) is 0.417. The SMILES string of the molecule is O=C(C[NH+]1CCOCC1)Nc1ccc(F)c(F)c1F. The van der Waals surface area contributed by atoms with E-state index in [1.165, 1.54) is 0 Å². The summed E-state index contributed by atoms with van der Waals surface area (Å²) >= 11 is 0. The molecule has 0 aromatic heterocycles. The molecule has 1 amide bonds. The van der Waals surface area contributed by atoms with E-state index in [0.29, 0.717) is 26.3 Å². The number of carbonyl (C=O) groups excluding carboxylic acids is 1. The van der Waals surface area contributed by atoms with Gasteiger partial charge in [-0.2, -0.15) is 0 Å². The molecular formula is C12H14F3N2O2+. The molecule has 1 fully saturated rings. The first-order valence-electron chi connectivity index (χ1n) is 5.92. The number of benzene rings is 1. The predicted octanol–water partition coefficient (Wildman–Crippen LogP) is -0.0425. The molecule has 104 valence electrons. The van der Waals surface area contributed by atoms with Gasteiger partial charge in [0.25, 0.3) is 5.91 Å². The highest BCUT2D eigenvalue weighted by molar-refractivity contribution is 5.91. The monoisotopic (exact) mass is 275 g/mol. The van der Waals surface area contributed by atoms with E-state index in [1.807, 2.05) is 0 Å². The number of hydrogen-bond acceptors (Lipinski definition) is 2. The summed E-state index contributed by atoms with van der Waals surface area (Å²) < 4.78 is 44.2. The first kappa shape index (κ1) is 13.8. The van der Waals surface area contributed by atoms with Crippen molar-refractivity contribution in [2.24, 2.45) is 0 Å². The van der Waals surface area contributed by atoms with Crippen molar-refractivity contribution in [3.8, 4) is 0 Å². The fourth-order valence-electron chi connectivity index (χ4n) is 1.88. The van der Waals surface area contributed by atoms with Crippen LogP contribution in [0.2, 0.25) is 0 Å². The Bertz CT molecular complexity index is 476. The third-order valence-corrected chi connectivity index (χ3v) is 2.92. The van der Waals surface area contributed by atoms with Gasteiger partial charge in [-0.15, -0.1) is 0 Å². The Labute approximate surface area is 108 Å². The molecule has 0 aliphatic carbocycles. The number of morpholine rings is 1. The van der Waals surface area contributed by atoms with Crippen molar-refractivity contribution in [3.05, 3.63) is 29.6 Å². The minimum Gasteiger partial charge on any atom is -0.370 e. The maximum Gasteiger partial charge on any atom is 0.279 e. The van der Waals surface area contributed by atoms with Gasteiger partial charge in [0.1, 0.15) is 13.1 Å². The lowest BCUT2D eigenvalue weighted by Crippen LogP contribution is -3.15. The second-order valence-electron chi connectivity index (χ2n) is 4.31. The standard InChI is InChI=1S/C12H13F3N2O2/c13-8-1-2-9(12(15)11(8)14)16-10(18)7-17-3-5-19-6-4-17/h1-2H,3-7H2,(H,16,18)/p+1. The Morgan fingerprint density at radius 2 is 1.89 bits per heavy atom. The van der Waals surface area contributed by atoms with Crippen LogP contribution in [0.25, 0.3) is 0 Å². The average Bonchev–Trinajstić information content (AvgIpc) is 2.41. The summed E-state index contributed by atoms with van der Waals surface area (Å²) in [5, 5.41) is 2.24. The van der Waals surface area contributed by atoms with E-state index in [1.54, 1.807) is 0 Å². The Morgan fingerprint density at radius 1 is 1.21 bits per heavy atom. The van der Waals surface area contributed by atoms with E-state index in [9.17, 15) is 18.0 Å². The van der Waals surface area contributed by atoms with E-state index >= 15 is 0 Å². The molecule has 0 atom stereocenters. The van der Waals surface area contributed by atoms with Crippen LogP contribution < -0.4 is 10.2 Å². The Balaban J connectivity index is 1.97. The third kappa shape index (κ3) is 3.45. The molecule has 2 N–H and O–H groups in total. The molecule has 7 heteroatoms. The van der Waals surface area contributed by atoms with Gasteiger partial charge in [-0.3, -0.25) is 4.79 Å². The maximum absolute atomic E-state index is 13.3. The molecule has 0 radical (unpaired) electrons. The molecule has 0 bridgehead atoms. The van der Waals surface area contributed by atoms with Gasteiger partial charge in [0.2, 0.25) is 0 Å². The Morgan fingerprint density at radius 3 is 2.58 bits per heavy atom. The van der Waals surface area contributed by atoms with E-state index < -0.39 is 23.4 Å². The molecule has 19 heavy (non-hydrogen) atoms. The highest BCUT2D eigenvalue weighted by atomic mass is 19.2. The van der Waals surface area contributed by atoms with Gasteiger partial charge in [0.15, 0.2) is 24.0 Å². The quantitative estimate of drug-likeness (QED) is 0.760. The summed E-state index contributed by atoms with van der Waals surface area (Å²) in [5.74, 6) is -4.70. The van der Waals surface area contributed by atoms with Crippen molar-refractivity contribution in [1.82, 2.24) is 0 Å². The van der Waals surface area contributed by atoms with E-state index in [4.69, 9.17) is 4.74 Å². The van der Waals surface area contributed by atoms with E-state index in [-0.39, 0.29) is 12.2 Å². The van der Waals surface area contributed by atoms with Crippen molar-refractivity contribution >= 4 is 11.6 Å². The number of nitrogens with one attached hydrogen (secondary N) is 2.